The van der Waals surface area contributed by atoms with Crippen molar-refractivity contribution >= 4 is 59.9 Å². The number of aliphatic carboxylic acids is 1. The van der Waals surface area contributed by atoms with E-state index < -0.39 is 95.4 Å². The minimum absolute atomic E-state index is 0. The van der Waals surface area contributed by atoms with Crippen LogP contribution in [0.1, 0.15) is 125 Å². The predicted molar refractivity (Wildman–Crippen MR) is 292 cm³/mol. The fourth-order valence-corrected chi connectivity index (χ4v) is 7.60. The number of likely N-dealkylation sites (tertiary alicyclic amines) is 2. The molecule has 22 heteroatoms. The first-order chi connectivity index (χ1) is 37.5. The number of carbonyl (C=O) groups is 10. The maximum absolute atomic E-state index is 13.4. The minimum atomic E-state index is -2.15. The van der Waals surface area contributed by atoms with Crippen LogP contribution < -0.4 is 11.1 Å². The van der Waals surface area contributed by atoms with Gasteiger partial charge >= 0.3 is 54.0 Å². The fraction of sp³-hybridized carbons (Fsp3) is 0.424. The zero-order chi connectivity index (χ0) is 59.2. The Hall–Kier alpha value is -8.66. The Balaban J connectivity index is 0.000000294. The molecule has 0 radical (unpaired) electrons. The zero-order valence-electron chi connectivity index (χ0n) is 46.3. The lowest BCUT2D eigenvalue weighted by molar-refractivity contribution is -0.159. The van der Waals surface area contributed by atoms with Crippen LogP contribution in [0, 0.1) is 27.7 Å². The quantitative estimate of drug-likeness (QED) is 0.0731. The van der Waals surface area contributed by atoms with Crippen molar-refractivity contribution in [2.75, 3.05) is 26.2 Å². The molecule has 3 aliphatic rings. The highest BCUT2D eigenvalue weighted by molar-refractivity contribution is 6.03. The molecule has 7 rings (SSSR count). The summed E-state index contributed by atoms with van der Waals surface area (Å²) in [5.41, 5.74) is 8.69. The van der Waals surface area contributed by atoms with Gasteiger partial charge in [0.1, 0.15) is 11.2 Å². The molecule has 0 aromatic heterocycles. The first-order valence-electron chi connectivity index (χ1n) is 25.6. The van der Waals surface area contributed by atoms with Gasteiger partial charge in [-0.3, -0.25) is 4.79 Å². The Labute approximate surface area is 470 Å². The van der Waals surface area contributed by atoms with Crippen molar-refractivity contribution in [2.24, 2.45) is 5.73 Å². The number of nitrogens with zero attached hydrogens (tertiary/aromatic N) is 2. The molecule has 4 aromatic carbocycles. The molecule has 3 fully saturated rings. The number of hydrogen-bond acceptors (Lipinski definition) is 18. The van der Waals surface area contributed by atoms with Gasteiger partial charge in [-0.25, -0.2) is 43.2 Å². The summed E-state index contributed by atoms with van der Waals surface area (Å²) >= 11 is 0. The van der Waals surface area contributed by atoms with Gasteiger partial charge in [-0.05, 0) is 131 Å². The van der Waals surface area contributed by atoms with Gasteiger partial charge in [0.05, 0.1) is 22.3 Å². The number of amides is 3. The molecule has 0 aliphatic carbocycles. The third-order valence-electron chi connectivity index (χ3n) is 11.9. The molecule has 81 heavy (non-hydrogen) atoms. The summed E-state index contributed by atoms with van der Waals surface area (Å²) in [6.45, 7) is 19.8. The molecule has 22 nitrogen and oxygen atoms in total. The average molecular weight is 1130 g/mol. The number of nitrogens with one attached hydrogen (secondary N) is 1. The molecule has 4 unspecified atom stereocenters. The lowest BCUT2D eigenvalue weighted by Crippen LogP contribution is -2.53. The maximum atomic E-state index is 13.4. The van der Waals surface area contributed by atoms with Crippen LogP contribution in [0.25, 0.3) is 0 Å². The topological polar surface area (TPSA) is 300 Å². The van der Waals surface area contributed by atoms with Crippen molar-refractivity contribution in [1.29, 1.82) is 0 Å². The molecule has 0 spiro atoms. The summed E-state index contributed by atoms with van der Waals surface area (Å²) in [6.07, 6.45) is -7.05. The number of carboxylic acids is 1. The number of esters is 6. The lowest BCUT2D eigenvalue weighted by atomic mass is 10.1. The lowest BCUT2D eigenvalue weighted by Gasteiger charge is -2.26. The molecule has 436 valence electrons. The smallest absolute Gasteiger partial charge is 0.410 e. The SMILES string of the molecule is C.CC(C)(C)OC(=O)N1CC[C@@H](N)C1.Cc1ccc(C(=O)OC(C(=O)O)C(OC(=O)c2ccc(C)cc2)C(=O)N[C@H]2CCN(C(=O)OC(C)(C)C)C2)cc1.Cc1ccc(C(=O)OC2C(=O)OC(=O)C2OC(=O)c2ccc(C)cc2)cc1. The van der Waals surface area contributed by atoms with Gasteiger partial charge in [0, 0.05) is 38.3 Å². The number of cyclic esters (lactones) is 2. The molecule has 3 heterocycles. The van der Waals surface area contributed by atoms with E-state index in [1.807, 2.05) is 48.5 Å². The van der Waals surface area contributed by atoms with Crippen molar-refractivity contribution in [3.05, 3.63) is 142 Å². The predicted octanol–water partition coefficient (Wildman–Crippen LogP) is 6.99. The number of aryl methyl sites for hydroxylation is 4. The molecule has 0 bridgehead atoms. The number of carbonyl (C=O) groups excluding carboxylic acids is 9. The van der Waals surface area contributed by atoms with Crippen molar-refractivity contribution in [2.45, 2.75) is 137 Å². The van der Waals surface area contributed by atoms with Gasteiger partial charge in [-0.2, -0.15) is 0 Å². The molecule has 4 aromatic rings. The number of benzene rings is 4. The van der Waals surface area contributed by atoms with Gasteiger partial charge in [0.2, 0.25) is 24.4 Å². The highest BCUT2D eigenvalue weighted by atomic mass is 16.7. The van der Waals surface area contributed by atoms with Gasteiger partial charge in [0.15, 0.2) is 0 Å². The van der Waals surface area contributed by atoms with E-state index in [1.54, 1.807) is 74.2 Å². The molecule has 3 aliphatic heterocycles. The fourth-order valence-electron chi connectivity index (χ4n) is 7.60. The van der Waals surface area contributed by atoms with E-state index in [0.29, 0.717) is 19.5 Å². The normalized spacial score (nSPS) is 18.1. The van der Waals surface area contributed by atoms with Gasteiger partial charge in [-0.1, -0.05) is 78.2 Å². The maximum Gasteiger partial charge on any atom is 0.410 e. The zero-order valence-corrected chi connectivity index (χ0v) is 46.3. The molecule has 3 amide bonds. The minimum Gasteiger partial charge on any atom is -0.478 e. The van der Waals surface area contributed by atoms with Crippen LogP contribution in [0.3, 0.4) is 0 Å². The Morgan fingerprint density at radius 1 is 0.543 bits per heavy atom. The summed E-state index contributed by atoms with van der Waals surface area (Å²) < 4.78 is 35.7. The van der Waals surface area contributed by atoms with Crippen molar-refractivity contribution < 1.29 is 86.2 Å². The van der Waals surface area contributed by atoms with Gasteiger partial charge < -0.3 is 59.1 Å². The highest BCUT2D eigenvalue weighted by Gasteiger charge is 2.50. The van der Waals surface area contributed by atoms with E-state index >= 15 is 0 Å². The molecular formula is C59H72N4O18. The number of carboxylic acid groups (broad SMARTS) is 1. The largest absolute Gasteiger partial charge is 0.478 e. The second-order valence-corrected chi connectivity index (χ2v) is 21.2. The number of rotatable bonds is 12. The van der Waals surface area contributed by atoms with Crippen molar-refractivity contribution in [3.63, 3.8) is 0 Å². The molecule has 0 saturated carbocycles. The third-order valence-corrected chi connectivity index (χ3v) is 11.9. The number of nitrogens with two attached hydrogens (primary N) is 1. The van der Waals surface area contributed by atoms with Gasteiger partial charge in [0.25, 0.3) is 5.91 Å². The molecule has 3 saturated heterocycles. The number of ether oxygens (including phenoxy) is 7. The van der Waals surface area contributed by atoms with Crippen LogP contribution in [0.4, 0.5) is 9.59 Å². The first-order valence-corrected chi connectivity index (χ1v) is 25.6. The van der Waals surface area contributed by atoms with E-state index in [9.17, 15) is 53.1 Å². The van der Waals surface area contributed by atoms with E-state index in [0.717, 1.165) is 35.2 Å². The monoisotopic (exact) mass is 1120 g/mol. The summed E-state index contributed by atoms with van der Waals surface area (Å²) in [5, 5.41) is 12.5. The van der Waals surface area contributed by atoms with Gasteiger partial charge in [-0.15, -0.1) is 0 Å². The van der Waals surface area contributed by atoms with E-state index in [1.165, 1.54) is 53.4 Å². The first kappa shape index (κ1) is 64.9. The van der Waals surface area contributed by atoms with Crippen LogP contribution in [0.2, 0.25) is 0 Å². The van der Waals surface area contributed by atoms with Crippen LogP contribution >= 0.6 is 0 Å². The Bertz CT molecular complexity index is 2820. The highest BCUT2D eigenvalue weighted by Crippen LogP contribution is 2.22. The van der Waals surface area contributed by atoms with Crippen LogP contribution in [0.5, 0.6) is 0 Å². The Morgan fingerprint density at radius 2 is 0.877 bits per heavy atom. The molecule has 4 N–H and O–H groups in total. The Kier molecular flexibility index (Phi) is 22.8. The van der Waals surface area contributed by atoms with E-state index in [4.69, 9.17) is 34.2 Å². The van der Waals surface area contributed by atoms with Crippen LogP contribution in [0.15, 0.2) is 97.1 Å². The summed E-state index contributed by atoms with van der Waals surface area (Å²) in [7, 11) is 0. The Morgan fingerprint density at radius 3 is 1.21 bits per heavy atom. The molecular weight excluding hydrogens is 1050 g/mol. The van der Waals surface area contributed by atoms with Crippen molar-refractivity contribution in [3.8, 4) is 0 Å². The van der Waals surface area contributed by atoms with Crippen LogP contribution in [-0.4, -0.2) is 149 Å². The van der Waals surface area contributed by atoms with Crippen molar-refractivity contribution in [1.82, 2.24) is 15.1 Å². The standard InChI is InChI=1S/C29H34N2O9.C20H16O7.C9H18N2O2.CH4/c1-17-6-10-19(11-7-17)26(35)38-22(23(25(33)34)39-27(36)20-12-8-18(2)9-13-20)24(32)30-21-14-15-31(16-21)28(37)40-29(3,4)5;1-11-3-7-13(8-4-11)17(21)25-15-16(20(24)27-19(15)23)26-18(22)14-9-5-12(2)6-10-14;1-9(2,3)13-8(12)11-5-4-7(10)6-11;/h6-13,21-23H,14-16H2,1-5H3,(H,30,32)(H,33,34);3-10,15-16H,1-2H3;7H,4-6,10H2,1-3H3;1H4/t21-,22?,23?;;7-;/m0.1./s1. The van der Waals surface area contributed by atoms with E-state index in [-0.39, 0.29) is 48.4 Å². The second kappa shape index (κ2) is 28.5. The molecule has 6 atom stereocenters. The summed E-state index contributed by atoms with van der Waals surface area (Å²) in [5.74, 6) is -8.47. The van der Waals surface area contributed by atoms with E-state index in [2.05, 4.69) is 10.1 Å². The summed E-state index contributed by atoms with van der Waals surface area (Å²) in [4.78, 5) is 126. The summed E-state index contributed by atoms with van der Waals surface area (Å²) in [6, 6.07) is 24.9. The third kappa shape index (κ3) is 19.9. The average Bonchev–Trinajstić information content (AvgIpc) is 4.22. The second-order valence-electron chi connectivity index (χ2n) is 21.2. The number of hydrogen-bond donors (Lipinski definition) is 3. The van der Waals surface area contributed by atoms with Crippen LogP contribution in [-0.2, 0) is 52.3 Å².